The summed E-state index contributed by atoms with van der Waals surface area (Å²) >= 11 is 0. The lowest BCUT2D eigenvalue weighted by Crippen LogP contribution is -2.24. The lowest BCUT2D eigenvalue weighted by molar-refractivity contribution is 0.317. The van der Waals surface area contributed by atoms with Crippen LogP contribution in [-0.2, 0) is 0 Å². The van der Waals surface area contributed by atoms with Gasteiger partial charge in [0.15, 0.2) is 0 Å². The summed E-state index contributed by atoms with van der Waals surface area (Å²) in [6.45, 7) is 4.97. The van der Waals surface area contributed by atoms with Crippen molar-refractivity contribution in [3.8, 4) is 0 Å². The Hall–Kier alpha value is -3.69. The summed E-state index contributed by atoms with van der Waals surface area (Å²) in [7, 11) is 0. The lowest BCUT2D eigenvalue weighted by atomic mass is 10.2. The molecular formula is C18H10N2O. The van der Waals surface area contributed by atoms with Gasteiger partial charge in [0.05, 0.1) is 0 Å². The third-order valence-corrected chi connectivity index (χ3v) is 1.59. The molecule has 0 saturated carbocycles. The molecule has 0 bridgehead atoms. The molecule has 0 fully saturated rings. The minimum absolute atomic E-state index is 0.275. The fraction of sp³-hybridized carbons (Fsp3) is 0.111. The van der Waals surface area contributed by atoms with Crippen molar-refractivity contribution in [2.24, 2.45) is 10.9 Å². The summed E-state index contributed by atoms with van der Waals surface area (Å²) in [4.78, 5) is 0. The molecule has 0 aliphatic carbocycles. The molecule has 0 aliphatic rings. The van der Waals surface area contributed by atoms with E-state index in [1.807, 2.05) is 0 Å². The first-order valence-corrected chi connectivity index (χ1v) is 5.55. The van der Waals surface area contributed by atoms with Gasteiger partial charge in [0.25, 0.3) is 0 Å². The highest BCUT2D eigenvalue weighted by Crippen LogP contribution is 1.84. The standard InChI is InChI=1S/C18H10N2O/c1-3-4-5-6-7-8-9-10-11-12-13-14-15-16-18(20-21)17(2)19/h16-17,21H,1,19H2,2H3/t17-/m0/s1. The van der Waals surface area contributed by atoms with Crippen molar-refractivity contribution in [1.82, 2.24) is 0 Å². The van der Waals surface area contributed by atoms with Crippen LogP contribution in [0.2, 0.25) is 0 Å². The second-order valence-electron chi connectivity index (χ2n) is 3.15. The summed E-state index contributed by atoms with van der Waals surface area (Å²) in [5, 5.41) is 11.6. The molecular weight excluding hydrogens is 260 g/mol. The van der Waals surface area contributed by atoms with E-state index in [1.54, 1.807) is 6.92 Å². The summed E-state index contributed by atoms with van der Waals surface area (Å²) in [6, 6.07) is -0.400. The summed E-state index contributed by atoms with van der Waals surface area (Å²) in [5.74, 6) is 0. The molecule has 0 heterocycles. The van der Waals surface area contributed by atoms with Gasteiger partial charge in [0, 0.05) is 12.1 Å². The van der Waals surface area contributed by atoms with E-state index in [1.165, 1.54) is 6.08 Å². The van der Waals surface area contributed by atoms with E-state index in [4.69, 9.17) is 10.9 Å². The molecule has 0 radical (unpaired) electrons. The van der Waals surface area contributed by atoms with Crippen molar-refractivity contribution in [3.63, 3.8) is 0 Å². The Balaban J connectivity index is 5.54. The van der Waals surface area contributed by atoms with Crippen molar-refractivity contribution < 1.29 is 5.21 Å². The predicted molar refractivity (Wildman–Crippen MR) is 78.7 cm³/mol. The highest BCUT2D eigenvalue weighted by Gasteiger charge is 1.99. The normalized spacial score (nSPS) is 8.38. The Labute approximate surface area is 122 Å². The van der Waals surface area contributed by atoms with Gasteiger partial charge in [0.2, 0.25) is 0 Å². The number of hydrogen-bond acceptors (Lipinski definition) is 3. The maximum Gasteiger partial charge on any atom is 0.104 e. The molecule has 0 aromatic rings. The smallest absolute Gasteiger partial charge is 0.104 e. The Kier molecular flexibility index (Phi) is 10.5. The lowest BCUT2D eigenvalue weighted by Gasteiger charge is -1.98. The largest absolute Gasteiger partial charge is 0.411 e. The molecule has 21 heavy (non-hydrogen) atoms. The van der Waals surface area contributed by atoms with Crippen molar-refractivity contribution in [3.05, 3.63) is 87.2 Å². The second-order valence-corrected chi connectivity index (χ2v) is 3.15. The van der Waals surface area contributed by atoms with Crippen LogP contribution < -0.4 is 5.73 Å². The predicted octanol–water partition coefficient (Wildman–Crippen LogP) is 2.37. The Morgan fingerprint density at radius 2 is 1.38 bits per heavy atom. The first-order chi connectivity index (χ1) is 10.2. The third kappa shape index (κ3) is 11.1. The van der Waals surface area contributed by atoms with E-state index >= 15 is 0 Å². The van der Waals surface area contributed by atoms with Gasteiger partial charge in [-0.1, -0.05) is 16.6 Å². The molecule has 0 unspecified atom stereocenters. The highest BCUT2D eigenvalue weighted by atomic mass is 16.4. The molecule has 0 aromatic carbocycles. The van der Waals surface area contributed by atoms with Gasteiger partial charge in [0.1, 0.15) is 5.71 Å². The Morgan fingerprint density at radius 3 is 1.76 bits per heavy atom. The van der Waals surface area contributed by atoms with Crippen LogP contribution in [0.1, 0.15) is 6.92 Å². The van der Waals surface area contributed by atoms with E-state index in [0.29, 0.717) is 0 Å². The molecule has 3 heteroatoms. The average Bonchev–Trinajstić information content (AvgIpc) is 2.47. The molecule has 0 aromatic heterocycles. The third-order valence-electron chi connectivity index (χ3n) is 1.59. The zero-order valence-electron chi connectivity index (χ0n) is 11.3. The minimum atomic E-state index is -0.400. The first kappa shape index (κ1) is 17.3. The van der Waals surface area contributed by atoms with E-state index in [0.717, 1.165) is 0 Å². The van der Waals surface area contributed by atoms with Crippen LogP contribution in [0.3, 0.4) is 0 Å². The van der Waals surface area contributed by atoms with Gasteiger partial charge in [-0.2, -0.15) is 0 Å². The van der Waals surface area contributed by atoms with Gasteiger partial charge < -0.3 is 10.9 Å². The molecule has 98 valence electrons. The molecule has 0 aliphatic heterocycles. The quantitative estimate of drug-likeness (QED) is 0.350. The monoisotopic (exact) mass is 270 g/mol. The second kappa shape index (κ2) is 12.8. The van der Waals surface area contributed by atoms with Crippen molar-refractivity contribution in [2.45, 2.75) is 13.0 Å². The fourth-order valence-corrected chi connectivity index (χ4v) is 0.723. The van der Waals surface area contributed by atoms with Gasteiger partial charge in [-0.25, -0.2) is 0 Å². The highest BCUT2D eigenvalue weighted by molar-refractivity contribution is 5.98. The Morgan fingerprint density at radius 1 is 0.952 bits per heavy atom. The van der Waals surface area contributed by atoms with Gasteiger partial charge in [-0.3, -0.25) is 0 Å². The zero-order chi connectivity index (χ0) is 15.8. The Bertz CT molecular complexity index is 897. The van der Waals surface area contributed by atoms with Crippen molar-refractivity contribution in [1.29, 1.82) is 0 Å². The van der Waals surface area contributed by atoms with E-state index in [9.17, 15) is 0 Å². The van der Waals surface area contributed by atoms with Crippen LogP contribution in [0.15, 0.2) is 92.3 Å². The van der Waals surface area contributed by atoms with Crippen LogP contribution in [0.4, 0.5) is 0 Å². The van der Waals surface area contributed by atoms with E-state index < -0.39 is 6.04 Å². The van der Waals surface area contributed by atoms with Crippen LogP contribution in [0.5, 0.6) is 0 Å². The number of nitrogens with two attached hydrogens (primary N) is 1. The van der Waals surface area contributed by atoms with Crippen molar-refractivity contribution >= 4 is 5.71 Å². The fourth-order valence-electron chi connectivity index (χ4n) is 0.723. The number of hydrogen-bond donors (Lipinski definition) is 2. The molecule has 0 saturated heterocycles. The van der Waals surface area contributed by atoms with E-state index in [-0.39, 0.29) is 5.71 Å². The van der Waals surface area contributed by atoms with E-state index in [2.05, 4.69) is 86.2 Å². The molecule has 3 nitrogen and oxygen atoms in total. The average molecular weight is 270 g/mol. The SMILES string of the molecule is C=C=C=C=C=C=C=C=C=C=C=C=C=C=CC(=NO)[C@H](C)N. The summed E-state index contributed by atoms with van der Waals surface area (Å²) in [6.07, 6.45) is 1.38. The zero-order valence-corrected chi connectivity index (χ0v) is 11.3. The maximum absolute atomic E-state index is 8.60. The molecule has 0 spiro atoms. The van der Waals surface area contributed by atoms with Gasteiger partial charge >= 0.3 is 0 Å². The number of rotatable bonds is 2. The van der Waals surface area contributed by atoms with Crippen LogP contribution in [0.25, 0.3) is 0 Å². The van der Waals surface area contributed by atoms with Gasteiger partial charge in [-0.15, -0.1) is 0 Å². The first-order valence-electron chi connectivity index (χ1n) is 5.55. The topological polar surface area (TPSA) is 58.6 Å². The molecule has 3 N–H and O–H groups in total. The molecule has 0 amide bonds. The summed E-state index contributed by atoms with van der Waals surface area (Å²) < 4.78 is 0. The van der Waals surface area contributed by atoms with Gasteiger partial charge in [-0.05, 0) is 76.5 Å². The van der Waals surface area contributed by atoms with Crippen LogP contribution in [-0.4, -0.2) is 17.0 Å². The van der Waals surface area contributed by atoms with Crippen LogP contribution >= 0.6 is 0 Å². The molecule has 0 rings (SSSR count). The number of oxime groups is 1. The number of nitrogens with zero attached hydrogens (tertiary/aromatic N) is 1. The maximum atomic E-state index is 8.60. The van der Waals surface area contributed by atoms with Crippen molar-refractivity contribution in [2.75, 3.05) is 0 Å². The minimum Gasteiger partial charge on any atom is -0.411 e. The summed E-state index contributed by atoms with van der Waals surface area (Å²) in [5.41, 5.74) is 38.0. The van der Waals surface area contributed by atoms with Crippen LogP contribution in [0, 0.1) is 0 Å². The molecule has 1 atom stereocenters.